The van der Waals surface area contributed by atoms with Crippen molar-refractivity contribution in [1.29, 1.82) is 0 Å². The third-order valence-electron chi connectivity index (χ3n) is 3.60. The Bertz CT molecular complexity index is 315. The van der Waals surface area contributed by atoms with E-state index in [1.807, 2.05) is 0 Å². The van der Waals surface area contributed by atoms with Crippen LogP contribution in [-0.2, 0) is 14.3 Å². The number of nitrogens with zero attached hydrogens (tertiary/aromatic N) is 1. The van der Waals surface area contributed by atoms with E-state index in [4.69, 9.17) is 4.74 Å². The second-order valence-electron chi connectivity index (χ2n) is 5.20. The van der Waals surface area contributed by atoms with Crippen LogP contribution in [0.15, 0.2) is 0 Å². The van der Waals surface area contributed by atoms with Gasteiger partial charge in [-0.2, -0.15) is 0 Å². The van der Waals surface area contributed by atoms with Crippen LogP contribution in [0.3, 0.4) is 0 Å². The number of amides is 2. The van der Waals surface area contributed by atoms with Crippen LogP contribution in [0.25, 0.3) is 0 Å². The molecule has 0 aromatic heterocycles. The van der Waals surface area contributed by atoms with E-state index in [9.17, 15) is 9.59 Å². The minimum Gasteiger partial charge on any atom is -0.385 e. The molecule has 102 valence electrons. The van der Waals surface area contributed by atoms with Crippen LogP contribution >= 0.6 is 0 Å². The summed E-state index contributed by atoms with van der Waals surface area (Å²) in [6.07, 6.45) is 5.13. The summed E-state index contributed by atoms with van der Waals surface area (Å²) in [5.74, 6) is 0.491. The third-order valence-corrected chi connectivity index (χ3v) is 3.60. The molecule has 1 saturated heterocycles. The molecule has 1 atom stereocenters. The highest BCUT2D eigenvalue weighted by atomic mass is 16.5. The van der Waals surface area contributed by atoms with E-state index < -0.39 is 0 Å². The topological polar surface area (TPSA) is 58.6 Å². The number of carbonyl (C=O) groups is 2. The first kappa shape index (κ1) is 13.3. The quantitative estimate of drug-likeness (QED) is 0.675. The number of ether oxygens (including phenoxy) is 1. The van der Waals surface area contributed by atoms with Crippen molar-refractivity contribution in [2.24, 2.45) is 5.92 Å². The van der Waals surface area contributed by atoms with Gasteiger partial charge in [0.15, 0.2) is 0 Å². The van der Waals surface area contributed by atoms with Crippen LogP contribution < -0.4 is 5.32 Å². The van der Waals surface area contributed by atoms with Crippen LogP contribution in [0, 0.1) is 5.92 Å². The molecular weight excluding hydrogens is 232 g/mol. The molecule has 0 bridgehead atoms. The SMILES string of the molecule is COCCCCCN1CC(=O)NC(C2CC2)C1=O. The summed E-state index contributed by atoms with van der Waals surface area (Å²) in [5, 5.41) is 2.82. The molecule has 2 fully saturated rings. The molecule has 2 amide bonds. The van der Waals surface area contributed by atoms with Gasteiger partial charge >= 0.3 is 0 Å². The van der Waals surface area contributed by atoms with Gasteiger partial charge in [0.05, 0.1) is 6.54 Å². The van der Waals surface area contributed by atoms with Gasteiger partial charge in [0, 0.05) is 20.3 Å². The Balaban J connectivity index is 1.75. The number of carbonyl (C=O) groups excluding carboxylic acids is 2. The van der Waals surface area contributed by atoms with Gasteiger partial charge in [-0.05, 0) is 38.0 Å². The maximum absolute atomic E-state index is 12.2. The molecule has 1 heterocycles. The molecule has 1 saturated carbocycles. The second kappa shape index (κ2) is 6.18. The lowest BCUT2D eigenvalue weighted by Gasteiger charge is -2.32. The Morgan fingerprint density at radius 3 is 2.72 bits per heavy atom. The van der Waals surface area contributed by atoms with Crippen LogP contribution in [0.5, 0.6) is 0 Å². The summed E-state index contributed by atoms with van der Waals surface area (Å²) in [5.41, 5.74) is 0. The molecule has 0 aromatic rings. The van der Waals surface area contributed by atoms with Gasteiger partial charge in [-0.25, -0.2) is 0 Å². The monoisotopic (exact) mass is 254 g/mol. The van der Waals surface area contributed by atoms with E-state index in [0.29, 0.717) is 12.5 Å². The fourth-order valence-corrected chi connectivity index (χ4v) is 2.39. The van der Waals surface area contributed by atoms with Gasteiger partial charge in [-0.15, -0.1) is 0 Å². The van der Waals surface area contributed by atoms with Gasteiger partial charge in [0.1, 0.15) is 6.04 Å². The van der Waals surface area contributed by atoms with Crippen molar-refractivity contribution in [3.8, 4) is 0 Å². The van der Waals surface area contributed by atoms with E-state index in [2.05, 4.69) is 5.32 Å². The summed E-state index contributed by atoms with van der Waals surface area (Å²) >= 11 is 0. The van der Waals surface area contributed by atoms with E-state index in [1.165, 1.54) is 0 Å². The summed E-state index contributed by atoms with van der Waals surface area (Å²) in [6, 6.07) is -0.245. The van der Waals surface area contributed by atoms with Crippen molar-refractivity contribution < 1.29 is 14.3 Å². The highest BCUT2D eigenvalue weighted by Gasteiger charge is 2.42. The summed E-state index contributed by atoms with van der Waals surface area (Å²) in [4.78, 5) is 25.4. The number of hydrogen-bond donors (Lipinski definition) is 1. The zero-order valence-electron chi connectivity index (χ0n) is 11.0. The maximum atomic E-state index is 12.2. The summed E-state index contributed by atoms with van der Waals surface area (Å²) < 4.78 is 4.98. The minimum absolute atomic E-state index is 0.0107. The number of hydrogen-bond acceptors (Lipinski definition) is 3. The smallest absolute Gasteiger partial charge is 0.245 e. The molecule has 1 aliphatic heterocycles. The fraction of sp³-hybridized carbons (Fsp3) is 0.846. The summed E-state index contributed by atoms with van der Waals surface area (Å²) in [6.45, 7) is 1.69. The summed E-state index contributed by atoms with van der Waals surface area (Å²) in [7, 11) is 1.69. The molecule has 0 radical (unpaired) electrons. The molecule has 5 heteroatoms. The highest BCUT2D eigenvalue weighted by molar-refractivity contribution is 5.95. The van der Waals surface area contributed by atoms with E-state index in [-0.39, 0.29) is 24.4 Å². The molecule has 1 N–H and O–H groups in total. The molecule has 18 heavy (non-hydrogen) atoms. The van der Waals surface area contributed by atoms with Crippen LogP contribution in [-0.4, -0.2) is 49.6 Å². The average molecular weight is 254 g/mol. The minimum atomic E-state index is -0.245. The first-order chi connectivity index (χ1) is 8.72. The van der Waals surface area contributed by atoms with Crippen LogP contribution in [0.2, 0.25) is 0 Å². The maximum Gasteiger partial charge on any atom is 0.245 e. The second-order valence-corrected chi connectivity index (χ2v) is 5.20. The van der Waals surface area contributed by atoms with Gasteiger partial charge in [-0.3, -0.25) is 9.59 Å². The molecule has 5 nitrogen and oxygen atoms in total. The normalized spacial score (nSPS) is 24.3. The van der Waals surface area contributed by atoms with Gasteiger partial charge in [0.25, 0.3) is 0 Å². The van der Waals surface area contributed by atoms with Crippen LogP contribution in [0.1, 0.15) is 32.1 Å². The first-order valence-electron chi connectivity index (χ1n) is 6.79. The number of rotatable bonds is 7. The standard InChI is InChI=1S/C13H22N2O3/c1-18-8-4-2-3-7-15-9-11(16)14-12(13(15)17)10-5-6-10/h10,12H,2-9H2,1H3,(H,14,16). The van der Waals surface area contributed by atoms with Gasteiger partial charge in [0.2, 0.25) is 11.8 Å². The van der Waals surface area contributed by atoms with Crippen LogP contribution in [0.4, 0.5) is 0 Å². The van der Waals surface area contributed by atoms with Gasteiger partial charge in [-0.1, -0.05) is 0 Å². The number of unbranched alkanes of at least 4 members (excludes halogenated alkanes) is 2. The average Bonchev–Trinajstić information content (AvgIpc) is 3.17. The van der Waals surface area contributed by atoms with E-state index in [0.717, 1.165) is 38.7 Å². The molecule has 1 aliphatic carbocycles. The molecule has 1 unspecified atom stereocenters. The molecule has 2 rings (SSSR count). The lowest BCUT2D eigenvalue weighted by Crippen LogP contribution is -2.58. The van der Waals surface area contributed by atoms with Crippen molar-refractivity contribution in [3.63, 3.8) is 0 Å². The molecular formula is C13H22N2O3. The lowest BCUT2D eigenvalue weighted by molar-refractivity contribution is -0.144. The molecule has 0 aromatic carbocycles. The Kier molecular flexibility index (Phi) is 4.58. The molecule has 0 spiro atoms. The number of methoxy groups -OCH3 is 1. The van der Waals surface area contributed by atoms with Crippen molar-refractivity contribution in [2.45, 2.75) is 38.1 Å². The largest absolute Gasteiger partial charge is 0.385 e. The van der Waals surface area contributed by atoms with Gasteiger partial charge < -0.3 is 15.0 Å². The third kappa shape index (κ3) is 3.45. The number of piperazine rings is 1. The van der Waals surface area contributed by atoms with E-state index >= 15 is 0 Å². The Hall–Kier alpha value is -1.10. The zero-order valence-corrected chi connectivity index (χ0v) is 11.0. The first-order valence-corrected chi connectivity index (χ1v) is 6.79. The predicted molar refractivity (Wildman–Crippen MR) is 67.0 cm³/mol. The Morgan fingerprint density at radius 2 is 2.06 bits per heavy atom. The van der Waals surface area contributed by atoms with Crippen molar-refractivity contribution in [2.75, 3.05) is 26.8 Å². The highest BCUT2D eigenvalue weighted by Crippen LogP contribution is 2.34. The lowest BCUT2D eigenvalue weighted by atomic mass is 10.1. The Labute approximate surface area is 108 Å². The van der Waals surface area contributed by atoms with E-state index in [1.54, 1.807) is 12.0 Å². The van der Waals surface area contributed by atoms with Crippen molar-refractivity contribution in [3.05, 3.63) is 0 Å². The Morgan fingerprint density at radius 1 is 1.28 bits per heavy atom. The number of nitrogens with one attached hydrogen (secondary N) is 1. The van der Waals surface area contributed by atoms with Crippen molar-refractivity contribution >= 4 is 11.8 Å². The predicted octanol–water partition coefficient (Wildman–Crippen LogP) is 0.540. The fourth-order valence-electron chi connectivity index (χ4n) is 2.39. The molecule has 2 aliphatic rings. The zero-order chi connectivity index (χ0) is 13.0. The van der Waals surface area contributed by atoms with Crippen molar-refractivity contribution in [1.82, 2.24) is 10.2 Å².